The number of aromatic amines is 1. The van der Waals surface area contributed by atoms with Gasteiger partial charge in [-0.25, -0.2) is 4.68 Å². The lowest BCUT2D eigenvalue weighted by Gasteiger charge is -2.37. The Hall–Kier alpha value is -4.86. The molecule has 10 heteroatoms. The van der Waals surface area contributed by atoms with Crippen LogP contribution in [0.25, 0.3) is 10.9 Å². The fraction of sp³-hybridized carbons (Fsp3) is 0.241. The van der Waals surface area contributed by atoms with Gasteiger partial charge < -0.3 is 24.1 Å². The van der Waals surface area contributed by atoms with Crippen LogP contribution in [-0.4, -0.2) is 45.6 Å². The zero-order valence-corrected chi connectivity index (χ0v) is 21.3. The van der Waals surface area contributed by atoms with Crippen LogP contribution in [0.5, 0.6) is 17.2 Å². The maximum Gasteiger partial charge on any atom is 0.254 e. The summed E-state index contributed by atoms with van der Waals surface area (Å²) in [4.78, 5) is 19.0. The van der Waals surface area contributed by atoms with Crippen molar-refractivity contribution in [3.05, 3.63) is 99.6 Å². The number of para-hydroxylation sites is 1. The van der Waals surface area contributed by atoms with E-state index in [4.69, 9.17) is 14.2 Å². The average molecular weight is 523 g/mol. The van der Waals surface area contributed by atoms with Crippen LogP contribution in [0.4, 0.5) is 5.69 Å². The van der Waals surface area contributed by atoms with Crippen LogP contribution in [0.1, 0.15) is 35.0 Å². The van der Waals surface area contributed by atoms with Crippen LogP contribution in [0.3, 0.4) is 0 Å². The number of methoxy groups -OCH3 is 1. The number of hydrogen-bond donors (Lipinski definition) is 1. The van der Waals surface area contributed by atoms with E-state index in [0.29, 0.717) is 34.9 Å². The smallest absolute Gasteiger partial charge is 0.254 e. The van der Waals surface area contributed by atoms with E-state index in [-0.39, 0.29) is 12.4 Å². The Bertz CT molecular complexity index is 1730. The molecule has 2 aliphatic heterocycles. The lowest BCUT2D eigenvalue weighted by molar-refractivity contribution is 0.174. The third-order valence-electron chi connectivity index (χ3n) is 7.41. The van der Waals surface area contributed by atoms with Crippen molar-refractivity contribution in [3.63, 3.8) is 0 Å². The summed E-state index contributed by atoms with van der Waals surface area (Å²) in [6.07, 6.45) is 1.94. The molecule has 2 aromatic heterocycles. The summed E-state index contributed by atoms with van der Waals surface area (Å²) in [5.41, 5.74) is 4.38. The van der Waals surface area contributed by atoms with Gasteiger partial charge in [0.2, 0.25) is 6.79 Å². The normalized spacial score (nSPS) is 14.8. The molecular weight excluding hydrogens is 496 g/mol. The fourth-order valence-electron chi connectivity index (χ4n) is 5.52. The lowest BCUT2D eigenvalue weighted by Crippen LogP contribution is -2.38. The maximum atomic E-state index is 13.7. The molecule has 0 amide bonds. The van der Waals surface area contributed by atoms with Gasteiger partial charge in [0.15, 0.2) is 17.3 Å². The summed E-state index contributed by atoms with van der Waals surface area (Å²) in [5.74, 6) is 2.65. The molecule has 2 aliphatic rings. The molecule has 0 saturated heterocycles. The van der Waals surface area contributed by atoms with Gasteiger partial charge in [-0.15, -0.1) is 5.10 Å². The third kappa shape index (κ3) is 4.14. The SMILES string of the molecule is COc1ccc(Cn2nnnc2C(c2cc3cc4c(cc3[nH]c2=O)OCO4)N2CCCc3ccccc32)cc1. The number of nitrogens with one attached hydrogen (secondary N) is 1. The molecule has 1 N–H and O–H groups in total. The highest BCUT2D eigenvalue weighted by atomic mass is 16.7. The highest BCUT2D eigenvalue weighted by Crippen LogP contribution is 2.39. The van der Waals surface area contributed by atoms with E-state index in [1.165, 1.54) is 5.56 Å². The second-order valence-corrected chi connectivity index (χ2v) is 9.72. The summed E-state index contributed by atoms with van der Waals surface area (Å²) in [5, 5.41) is 13.7. The van der Waals surface area contributed by atoms with Gasteiger partial charge in [0.05, 0.1) is 19.2 Å². The van der Waals surface area contributed by atoms with Gasteiger partial charge >= 0.3 is 0 Å². The molecular formula is C29H26N6O4. The van der Waals surface area contributed by atoms with E-state index in [2.05, 4.69) is 43.6 Å². The van der Waals surface area contributed by atoms with E-state index in [9.17, 15) is 4.79 Å². The number of anilines is 1. The third-order valence-corrected chi connectivity index (χ3v) is 7.41. The molecule has 0 bridgehead atoms. The molecule has 1 atom stereocenters. The second-order valence-electron chi connectivity index (χ2n) is 9.72. The summed E-state index contributed by atoms with van der Waals surface area (Å²) < 4.78 is 18.2. The van der Waals surface area contributed by atoms with Crippen molar-refractivity contribution in [2.45, 2.75) is 25.4 Å². The van der Waals surface area contributed by atoms with Crippen LogP contribution >= 0.6 is 0 Å². The minimum atomic E-state index is -0.515. The molecule has 196 valence electrons. The van der Waals surface area contributed by atoms with Gasteiger partial charge in [0.25, 0.3) is 5.56 Å². The van der Waals surface area contributed by atoms with Crippen LogP contribution in [0.15, 0.2) is 71.5 Å². The maximum absolute atomic E-state index is 13.7. The van der Waals surface area contributed by atoms with Crippen molar-refractivity contribution in [1.29, 1.82) is 0 Å². The van der Waals surface area contributed by atoms with Gasteiger partial charge in [0.1, 0.15) is 11.8 Å². The van der Waals surface area contributed by atoms with Crippen LogP contribution in [0.2, 0.25) is 0 Å². The fourth-order valence-corrected chi connectivity index (χ4v) is 5.52. The number of hydrogen-bond acceptors (Lipinski definition) is 8. The molecule has 0 spiro atoms. The van der Waals surface area contributed by atoms with Crippen molar-refractivity contribution in [3.8, 4) is 17.2 Å². The minimum Gasteiger partial charge on any atom is -0.497 e. The topological polar surface area (TPSA) is 107 Å². The molecule has 10 nitrogen and oxygen atoms in total. The zero-order chi connectivity index (χ0) is 26.3. The predicted molar refractivity (Wildman–Crippen MR) is 145 cm³/mol. The number of tetrazole rings is 1. The number of H-pyrrole nitrogens is 1. The van der Waals surface area contributed by atoms with Crippen molar-refractivity contribution < 1.29 is 14.2 Å². The number of ether oxygens (including phenoxy) is 3. The number of fused-ring (bicyclic) bond motifs is 3. The van der Waals surface area contributed by atoms with E-state index in [0.717, 1.165) is 41.8 Å². The Morgan fingerprint density at radius 2 is 1.87 bits per heavy atom. The molecule has 3 aromatic carbocycles. The highest BCUT2D eigenvalue weighted by molar-refractivity contribution is 5.83. The van der Waals surface area contributed by atoms with E-state index in [1.807, 2.05) is 48.5 Å². The number of aryl methyl sites for hydroxylation is 1. The lowest BCUT2D eigenvalue weighted by atomic mass is 9.96. The van der Waals surface area contributed by atoms with E-state index in [1.54, 1.807) is 11.8 Å². The standard InChI is InChI=1S/C29H26N6O4/c1-37-21-10-8-18(9-11-21)16-35-28(31-32-33-35)27(34-12-4-6-19-5-2-3-7-24(19)34)22-13-20-14-25-26(39-17-38-25)15-23(20)30-29(22)36/h2-3,5,7-11,13-15,27H,4,6,12,16-17H2,1H3,(H,30,36). The molecule has 7 rings (SSSR count). The Balaban J connectivity index is 1.38. The Morgan fingerprint density at radius 1 is 1.05 bits per heavy atom. The summed E-state index contributed by atoms with van der Waals surface area (Å²) in [6.45, 7) is 1.37. The first-order chi connectivity index (χ1) is 19.2. The monoisotopic (exact) mass is 522 g/mol. The van der Waals surface area contributed by atoms with Gasteiger partial charge in [-0.2, -0.15) is 0 Å². The first-order valence-corrected chi connectivity index (χ1v) is 12.9. The highest BCUT2D eigenvalue weighted by Gasteiger charge is 2.33. The molecule has 0 fully saturated rings. The number of aromatic nitrogens is 5. The van der Waals surface area contributed by atoms with Crippen LogP contribution in [-0.2, 0) is 13.0 Å². The summed E-state index contributed by atoms with van der Waals surface area (Å²) >= 11 is 0. The average Bonchev–Trinajstić information content (AvgIpc) is 3.62. The Morgan fingerprint density at radius 3 is 2.72 bits per heavy atom. The molecule has 0 aliphatic carbocycles. The van der Waals surface area contributed by atoms with Gasteiger partial charge in [-0.1, -0.05) is 30.3 Å². The molecule has 0 radical (unpaired) electrons. The predicted octanol–water partition coefficient (Wildman–Crippen LogP) is 3.84. The number of benzene rings is 3. The molecule has 39 heavy (non-hydrogen) atoms. The summed E-state index contributed by atoms with van der Waals surface area (Å²) in [6, 6.07) is 21.2. The zero-order valence-electron chi connectivity index (χ0n) is 21.3. The quantitative estimate of drug-likeness (QED) is 0.359. The first-order valence-electron chi connectivity index (χ1n) is 12.9. The van der Waals surface area contributed by atoms with Gasteiger partial charge in [0, 0.05) is 29.2 Å². The Labute approximate surface area is 223 Å². The molecule has 1 unspecified atom stereocenters. The molecule has 4 heterocycles. The largest absolute Gasteiger partial charge is 0.497 e. The van der Waals surface area contributed by atoms with Crippen molar-refractivity contribution in [2.75, 3.05) is 25.3 Å². The molecule has 0 saturated carbocycles. The summed E-state index contributed by atoms with van der Waals surface area (Å²) in [7, 11) is 1.64. The van der Waals surface area contributed by atoms with Crippen LogP contribution < -0.4 is 24.7 Å². The van der Waals surface area contributed by atoms with Crippen molar-refractivity contribution >= 4 is 16.6 Å². The number of nitrogens with zero attached hydrogens (tertiary/aromatic N) is 5. The van der Waals surface area contributed by atoms with Crippen molar-refractivity contribution in [1.82, 2.24) is 25.2 Å². The molecule has 5 aromatic rings. The van der Waals surface area contributed by atoms with E-state index >= 15 is 0 Å². The number of rotatable bonds is 6. The van der Waals surface area contributed by atoms with Gasteiger partial charge in [-0.3, -0.25) is 4.79 Å². The Kier molecular flexibility index (Phi) is 5.65. The number of pyridine rings is 1. The first kappa shape index (κ1) is 23.3. The van der Waals surface area contributed by atoms with E-state index < -0.39 is 6.04 Å². The van der Waals surface area contributed by atoms with Crippen molar-refractivity contribution in [2.24, 2.45) is 0 Å². The van der Waals surface area contributed by atoms with Crippen LogP contribution in [0, 0.1) is 0 Å². The van der Waals surface area contributed by atoms with Gasteiger partial charge in [-0.05, 0) is 64.7 Å². The minimum absolute atomic E-state index is 0.163. The second kappa shape index (κ2) is 9.46.